The van der Waals surface area contributed by atoms with Crippen LogP contribution in [0.25, 0.3) is 0 Å². The summed E-state index contributed by atoms with van der Waals surface area (Å²) in [6.07, 6.45) is 8.52. The van der Waals surface area contributed by atoms with E-state index in [-0.39, 0.29) is 17.5 Å². The summed E-state index contributed by atoms with van der Waals surface area (Å²) in [7, 11) is -3.87. The fourth-order valence-corrected chi connectivity index (χ4v) is 4.64. The Morgan fingerprint density at radius 3 is 1.26 bits per heavy atom. The Hall–Kier alpha value is -3.14. The molecule has 0 amide bonds. The van der Waals surface area contributed by atoms with Crippen molar-refractivity contribution in [3.63, 3.8) is 0 Å². The number of nitrogens with one attached hydrogen (secondary N) is 3. The van der Waals surface area contributed by atoms with Crippen molar-refractivity contribution in [2.45, 2.75) is 6.55 Å². The summed E-state index contributed by atoms with van der Waals surface area (Å²) in [5.41, 5.74) is 0. The number of rotatable bonds is 6. The van der Waals surface area contributed by atoms with Gasteiger partial charge in [-0.3, -0.25) is 14.4 Å². The van der Waals surface area contributed by atoms with Gasteiger partial charge in [0.2, 0.25) is 0 Å². The number of hydrogen-bond acceptors (Lipinski definition) is 6. The minimum absolute atomic E-state index is 0.0287. The highest BCUT2D eigenvalue weighted by Gasteiger charge is 2.55. The van der Waals surface area contributed by atoms with Gasteiger partial charge in [-0.25, -0.2) is 15.0 Å². The van der Waals surface area contributed by atoms with Crippen LogP contribution in [0.2, 0.25) is 6.55 Å². The Balaban J connectivity index is 2.11. The average Bonchev–Trinajstić information content (AvgIpc) is 3.34. The molecule has 0 aliphatic rings. The van der Waals surface area contributed by atoms with E-state index in [1.165, 1.54) is 43.7 Å². The normalized spacial score (nSPS) is 11.3. The third-order valence-corrected chi connectivity index (χ3v) is 6.94. The Morgan fingerprint density at radius 2 is 1.04 bits per heavy atom. The second-order valence-electron chi connectivity index (χ2n) is 4.93. The van der Waals surface area contributed by atoms with Gasteiger partial charge in [-0.1, -0.05) is 0 Å². The summed E-state index contributed by atoms with van der Waals surface area (Å²) < 4.78 is 0. The number of aromatic nitrogens is 6. The lowest BCUT2D eigenvalue weighted by molar-refractivity contribution is 0.0973. The first-order valence-corrected chi connectivity index (χ1v) is 9.17. The number of H-pyrrole nitrogens is 3. The van der Waals surface area contributed by atoms with Crippen LogP contribution in [-0.4, -0.2) is 54.2 Å². The summed E-state index contributed by atoms with van der Waals surface area (Å²) in [5, 5.41) is -1.86. The van der Waals surface area contributed by atoms with Crippen molar-refractivity contribution in [3.05, 3.63) is 54.7 Å². The molecule has 116 valence electrons. The Labute approximate surface area is 130 Å². The molecule has 0 unspecified atom stereocenters. The molecule has 0 bridgehead atoms. The van der Waals surface area contributed by atoms with Crippen molar-refractivity contribution in [1.82, 2.24) is 29.9 Å². The van der Waals surface area contributed by atoms with E-state index in [1.807, 2.05) is 0 Å². The maximum atomic E-state index is 12.8. The van der Waals surface area contributed by atoms with Gasteiger partial charge in [0.1, 0.15) is 0 Å². The summed E-state index contributed by atoms with van der Waals surface area (Å²) in [4.78, 5) is 58.1. The van der Waals surface area contributed by atoms with Crippen molar-refractivity contribution in [1.29, 1.82) is 0 Å². The second kappa shape index (κ2) is 5.57. The van der Waals surface area contributed by atoms with Crippen LogP contribution in [0.4, 0.5) is 0 Å². The molecule has 23 heavy (non-hydrogen) atoms. The predicted molar refractivity (Wildman–Crippen MR) is 80.4 cm³/mol. The smallest absolute Gasteiger partial charge is 0.307 e. The molecular formula is C13H12N6O3Si. The van der Waals surface area contributed by atoms with Gasteiger partial charge in [-0.05, 0) is 6.55 Å². The molecule has 0 aromatic carbocycles. The Kier molecular flexibility index (Phi) is 3.58. The standard InChI is InChI=1S/C13H12N6O3Si/c1-23(11(20)8-14-2-3-15-8,12(21)9-16-4-5-17-9)13(22)10-18-6-7-19-10/h2-7H,1H3,(H,14,15)(H,16,17)(H,18,19). The first kappa shape index (κ1) is 14.8. The van der Waals surface area contributed by atoms with Crippen molar-refractivity contribution >= 4 is 24.3 Å². The molecule has 9 nitrogen and oxygen atoms in total. The SMILES string of the molecule is C[Si](C(=O)c1ncc[nH]1)(C(=O)c1ncc[nH]1)C(=O)c1ncc[nH]1. The molecule has 0 saturated heterocycles. The fraction of sp³-hybridized carbons (Fsp3) is 0.0769. The third kappa shape index (κ3) is 2.34. The molecule has 0 aliphatic heterocycles. The van der Waals surface area contributed by atoms with Gasteiger partial charge in [0.05, 0.1) is 0 Å². The molecule has 0 fully saturated rings. The van der Waals surface area contributed by atoms with E-state index in [1.54, 1.807) is 0 Å². The summed E-state index contributed by atoms with van der Waals surface area (Å²) in [5.74, 6) is -0.0862. The van der Waals surface area contributed by atoms with E-state index in [4.69, 9.17) is 0 Å². The molecule has 3 aromatic rings. The lowest BCUT2D eigenvalue weighted by Crippen LogP contribution is -2.58. The molecule has 0 aliphatic carbocycles. The Morgan fingerprint density at radius 1 is 0.739 bits per heavy atom. The van der Waals surface area contributed by atoms with Crippen LogP contribution in [0.15, 0.2) is 37.2 Å². The van der Waals surface area contributed by atoms with Crippen molar-refractivity contribution in [3.8, 4) is 0 Å². The fourth-order valence-electron chi connectivity index (χ4n) is 2.19. The monoisotopic (exact) mass is 328 g/mol. The average molecular weight is 328 g/mol. The number of hydrogen-bond donors (Lipinski definition) is 3. The summed E-state index contributed by atoms with van der Waals surface area (Å²) in [6.45, 7) is 1.38. The van der Waals surface area contributed by atoms with Crippen LogP contribution in [-0.2, 0) is 0 Å². The first-order valence-electron chi connectivity index (χ1n) is 6.67. The molecule has 3 N–H and O–H groups in total. The lowest BCUT2D eigenvalue weighted by Gasteiger charge is -2.19. The van der Waals surface area contributed by atoms with Gasteiger partial charge in [0, 0.05) is 37.2 Å². The van der Waals surface area contributed by atoms with Gasteiger partial charge in [0.15, 0.2) is 33.7 Å². The Bertz CT molecular complexity index is 726. The van der Waals surface area contributed by atoms with Gasteiger partial charge in [-0.2, -0.15) is 0 Å². The summed E-state index contributed by atoms with van der Waals surface area (Å²) >= 11 is 0. The highest BCUT2D eigenvalue weighted by Crippen LogP contribution is 2.19. The van der Waals surface area contributed by atoms with Crippen LogP contribution in [0.5, 0.6) is 0 Å². The molecule has 0 spiro atoms. The zero-order valence-corrected chi connectivity index (χ0v) is 13.0. The number of aromatic amines is 3. The van der Waals surface area contributed by atoms with Crippen LogP contribution in [0.3, 0.4) is 0 Å². The lowest BCUT2D eigenvalue weighted by atomic mass is 10.7. The molecule has 3 heterocycles. The minimum atomic E-state index is -3.87. The van der Waals surface area contributed by atoms with Gasteiger partial charge in [-0.15, -0.1) is 0 Å². The highest BCUT2D eigenvalue weighted by atomic mass is 28.3. The summed E-state index contributed by atoms with van der Waals surface area (Å²) in [6, 6.07) is 0. The van der Waals surface area contributed by atoms with E-state index >= 15 is 0 Å². The zero-order chi connectivity index (χ0) is 16.4. The highest BCUT2D eigenvalue weighted by molar-refractivity contribution is 7.42. The van der Waals surface area contributed by atoms with Gasteiger partial charge < -0.3 is 15.0 Å². The number of nitrogens with zero attached hydrogens (tertiary/aromatic N) is 3. The second-order valence-corrected chi connectivity index (χ2v) is 8.54. The first-order chi connectivity index (χ1) is 11.0. The molecule has 0 atom stereocenters. The van der Waals surface area contributed by atoms with E-state index in [0.717, 1.165) is 0 Å². The molecular weight excluding hydrogens is 316 g/mol. The van der Waals surface area contributed by atoms with Crippen molar-refractivity contribution < 1.29 is 14.4 Å². The van der Waals surface area contributed by atoms with E-state index in [0.29, 0.717) is 0 Å². The molecule has 0 saturated carbocycles. The van der Waals surface area contributed by atoms with E-state index < -0.39 is 24.3 Å². The van der Waals surface area contributed by atoms with Crippen LogP contribution in [0.1, 0.15) is 31.9 Å². The van der Waals surface area contributed by atoms with Crippen molar-refractivity contribution in [2.75, 3.05) is 0 Å². The largest absolute Gasteiger partial charge is 0.343 e. The number of carbonyl (C=O) groups excluding carboxylic acids is 3. The number of imidazole rings is 3. The van der Waals surface area contributed by atoms with Crippen LogP contribution < -0.4 is 0 Å². The molecule has 10 heteroatoms. The zero-order valence-electron chi connectivity index (χ0n) is 12.0. The van der Waals surface area contributed by atoms with Crippen LogP contribution >= 0.6 is 0 Å². The quantitative estimate of drug-likeness (QED) is 0.563. The molecule has 3 rings (SSSR count). The molecule has 0 radical (unpaired) electrons. The van der Waals surface area contributed by atoms with Crippen LogP contribution in [0, 0.1) is 0 Å². The maximum absolute atomic E-state index is 12.8. The third-order valence-electron chi connectivity index (χ3n) is 3.50. The van der Waals surface area contributed by atoms with Crippen molar-refractivity contribution in [2.24, 2.45) is 0 Å². The van der Waals surface area contributed by atoms with E-state index in [2.05, 4.69) is 29.9 Å². The predicted octanol–water partition coefficient (Wildman–Crippen LogP) is 0.501. The van der Waals surface area contributed by atoms with E-state index in [9.17, 15) is 14.4 Å². The molecule has 3 aromatic heterocycles. The maximum Gasteiger partial charge on any atom is 0.307 e. The minimum Gasteiger partial charge on any atom is -0.343 e. The topological polar surface area (TPSA) is 137 Å². The van der Waals surface area contributed by atoms with Gasteiger partial charge in [0.25, 0.3) is 0 Å². The van der Waals surface area contributed by atoms with Gasteiger partial charge >= 0.3 is 8.07 Å². The number of carbonyl (C=O) groups is 3.